The molecule has 1 aliphatic rings. The molecule has 2 aromatic carbocycles. The number of amides is 1. The summed E-state index contributed by atoms with van der Waals surface area (Å²) in [6.07, 6.45) is 2.83. The molecule has 1 aliphatic heterocycles. The zero-order valence-corrected chi connectivity index (χ0v) is 17.0. The molecule has 156 valence electrons. The summed E-state index contributed by atoms with van der Waals surface area (Å²) in [7, 11) is 3.21. The van der Waals surface area contributed by atoms with E-state index >= 15 is 0 Å². The number of rotatable bonds is 9. The Morgan fingerprint density at radius 1 is 1.21 bits per heavy atom. The van der Waals surface area contributed by atoms with Crippen molar-refractivity contribution in [3.05, 3.63) is 53.8 Å². The Morgan fingerprint density at radius 3 is 2.66 bits per heavy atom. The van der Waals surface area contributed by atoms with E-state index in [1.807, 2.05) is 24.3 Å². The van der Waals surface area contributed by atoms with Crippen LogP contribution >= 0.6 is 0 Å². The fourth-order valence-corrected chi connectivity index (χ4v) is 3.71. The molecule has 0 radical (unpaired) electrons. The molecule has 1 N–H and O–H groups in total. The van der Waals surface area contributed by atoms with E-state index < -0.39 is 5.60 Å². The van der Waals surface area contributed by atoms with E-state index in [2.05, 4.69) is 5.32 Å². The molecular weight excluding hydrogens is 373 g/mol. The minimum Gasteiger partial charge on any atom is -0.496 e. The van der Waals surface area contributed by atoms with E-state index in [-0.39, 0.29) is 11.7 Å². The van der Waals surface area contributed by atoms with Gasteiger partial charge in [-0.1, -0.05) is 24.3 Å². The fourth-order valence-electron chi connectivity index (χ4n) is 3.71. The maximum absolute atomic E-state index is 13.7. The van der Waals surface area contributed by atoms with Crippen LogP contribution < -0.4 is 10.1 Å². The van der Waals surface area contributed by atoms with Gasteiger partial charge in [0.25, 0.3) is 5.91 Å². The van der Waals surface area contributed by atoms with E-state index in [9.17, 15) is 9.18 Å². The lowest BCUT2D eigenvalue weighted by molar-refractivity contribution is -0.141. The second kappa shape index (κ2) is 9.85. The minimum absolute atomic E-state index is 0.0676. The first kappa shape index (κ1) is 21.3. The van der Waals surface area contributed by atoms with E-state index in [0.717, 1.165) is 24.0 Å². The molecule has 5 nitrogen and oxygen atoms in total. The molecule has 2 aromatic rings. The topological polar surface area (TPSA) is 56.8 Å². The summed E-state index contributed by atoms with van der Waals surface area (Å²) in [4.78, 5) is 12.8. The van der Waals surface area contributed by atoms with Gasteiger partial charge in [0.15, 0.2) is 5.60 Å². The van der Waals surface area contributed by atoms with Gasteiger partial charge in [-0.05, 0) is 48.6 Å². The van der Waals surface area contributed by atoms with Crippen molar-refractivity contribution in [1.82, 2.24) is 5.32 Å². The van der Waals surface area contributed by atoms with Crippen molar-refractivity contribution in [1.29, 1.82) is 0 Å². The van der Waals surface area contributed by atoms with Crippen LogP contribution in [0.1, 0.15) is 24.8 Å². The van der Waals surface area contributed by atoms with Gasteiger partial charge < -0.3 is 19.5 Å². The smallest absolute Gasteiger partial charge is 0.252 e. The number of ether oxygens (including phenoxy) is 3. The number of carbonyl (C=O) groups is 1. The molecule has 0 unspecified atom stereocenters. The quantitative estimate of drug-likeness (QED) is 0.651. The highest BCUT2D eigenvalue weighted by atomic mass is 19.1. The SMILES string of the molecule is COCCCNC(=O)[C@@]1(Cc2ccc(-c3cc(F)ccc3OC)cc2)CCCO1. The highest BCUT2D eigenvalue weighted by Crippen LogP contribution is 2.33. The van der Waals surface area contributed by atoms with E-state index in [1.54, 1.807) is 20.3 Å². The molecule has 3 rings (SSSR count). The molecule has 1 atom stereocenters. The van der Waals surface area contributed by atoms with Gasteiger partial charge in [-0.3, -0.25) is 4.79 Å². The minimum atomic E-state index is -0.828. The van der Waals surface area contributed by atoms with Gasteiger partial charge in [0.05, 0.1) is 7.11 Å². The summed E-state index contributed by atoms with van der Waals surface area (Å²) in [6.45, 7) is 1.76. The van der Waals surface area contributed by atoms with Crippen molar-refractivity contribution in [2.75, 3.05) is 34.0 Å². The van der Waals surface area contributed by atoms with Crippen LogP contribution in [0.4, 0.5) is 4.39 Å². The van der Waals surface area contributed by atoms with Crippen LogP contribution in [0.2, 0.25) is 0 Å². The monoisotopic (exact) mass is 401 g/mol. The molecule has 0 aromatic heterocycles. The van der Waals surface area contributed by atoms with Crippen LogP contribution in [0.3, 0.4) is 0 Å². The van der Waals surface area contributed by atoms with Crippen LogP contribution in [0.15, 0.2) is 42.5 Å². The van der Waals surface area contributed by atoms with Crippen molar-refractivity contribution in [3.8, 4) is 16.9 Å². The van der Waals surface area contributed by atoms with E-state index in [4.69, 9.17) is 14.2 Å². The third-order valence-electron chi connectivity index (χ3n) is 5.24. The van der Waals surface area contributed by atoms with Crippen molar-refractivity contribution < 1.29 is 23.4 Å². The third kappa shape index (κ3) is 5.14. The summed E-state index contributed by atoms with van der Waals surface area (Å²) < 4.78 is 30.0. The number of hydrogen-bond donors (Lipinski definition) is 1. The molecule has 0 spiro atoms. The number of benzene rings is 2. The fraction of sp³-hybridized carbons (Fsp3) is 0.435. The summed E-state index contributed by atoms with van der Waals surface area (Å²) >= 11 is 0. The van der Waals surface area contributed by atoms with Gasteiger partial charge in [-0.15, -0.1) is 0 Å². The molecule has 0 aliphatic carbocycles. The lowest BCUT2D eigenvalue weighted by atomic mass is 9.89. The van der Waals surface area contributed by atoms with Crippen LogP contribution in [-0.2, 0) is 20.7 Å². The molecule has 6 heteroatoms. The number of nitrogens with one attached hydrogen (secondary N) is 1. The van der Waals surface area contributed by atoms with Gasteiger partial charge in [0, 0.05) is 38.9 Å². The van der Waals surface area contributed by atoms with E-state index in [1.165, 1.54) is 12.1 Å². The van der Waals surface area contributed by atoms with Crippen molar-refractivity contribution >= 4 is 5.91 Å². The molecular formula is C23H28FNO4. The average Bonchev–Trinajstić information content (AvgIpc) is 3.21. The molecule has 29 heavy (non-hydrogen) atoms. The standard InChI is InChI=1S/C23H28FNO4/c1-27-13-4-12-25-22(26)23(11-3-14-29-23)16-17-5-7-18(8-6-17)20-15-19(24)9-10-21(20)28-2/h5-10,15H,3-4,11-14,16H2,1-2H3,(H,25,26)/t23-/m0/s1. The highest BCUT2D eigenvalue weighted by molar-refractivity contribution is 5.86. The second-order valence-electron chi connectivity index (χ2n) is 7.27. The average molecular weight is 401 g/mol. The normalized spacial score (nSPS) is 18.6. The zero-order valence-electron chi connectivity index (χ0n) is 17.0. The Kier molecular flexibility index (Phi) is 7.23. The molecule has 1 fully saturated rings. The van der Waals surface area contributed by atoms with Gasteiger partial charge in [-0.2, -0.15) is 0 Å². The van der Waals surface area contributed by atoms with Gasteiger partial charge >= 0.3 is 0 Å². The predicted octanol–water partition coefficient (Wildman–Crippen LogP) is 3.75. The molecule has 1 amide bonds. The van der Waals surface area contributed by atoms with Crippen LogP contribution in [0, 0.1) is 5.82 Å². The first-order chi connectivity index (χ1) is 14.1. The first-order valence-electron chi connectivity index (χ1n) is 9.92. The number of carbonyl (C=O) groups excluding carboxylic acids is 1. The number of methoxy groups -OCH3 is 2. The Bertz CT molecular complexity index is 816. The summed E-state index contributed by atoms with van der Waals surface area (Å²) in [5, 5.41) is 2.98. The van der Waals surface area contributed by atoms with Crippen molar-refractivity contribution in [2.45, 2.75) is 31.3 Å². The van der Waals surface area contributed by atoms with Gasteiger partial charge in [0.1, 0.15) is 11.6 Å². The number of hydrogen-bond acceptors (Lipinski definition) is 4. The van der Waals surface area contributed by atoms with Crippen molar-refractivity contribution in [3.63, 3.8) is 0 Å². The third-order valence-corrected chi connectivity index (χ3v) is 5.24. The first-order valence-corrected chi connectivity index (χ1v) is 9.92. The largest absolute Gasteiger partial charge is 0.496 e. The second-order valence-corrected chi connectivity index (χ2v) is 7.27. The lowest BCUT2D eigenvalue weighted by Gasteiger charge is -2.27. The Hall–Kier alpha value is -2.44. The van der Waals surface area contributed by atoms with Crippen LogP contribution in [-0.4, -0.2) is 45.5 Å². The van der Waals surface area contributed by atoms with Gasteiger partial charge in [0.2, 0.25) is 0 Å². The zero-order chi connectivity index (χ0) is 20.7. The maximum atomic E-state index is 13.7. The Balaban J connectivity index is 1.73. The Labute approximate surface area is 171 Å². The van der Waals surface area contributed by atoms with E-state index in [0.29, 0.717) is 43.9 Å². The van der Waals surface area contributed by atoms with Crippen molar-refractivity contribution in [2.24, 2.45) is 0 Å². The van der Waals surface area contributed by atoms with Crippen LogP contribution in [0.5, 0.6) is 5.75 Å². The predicted molar refractivity (Wildman–Crippen MR) is 110 cm³/mol. The Morgan fingerprint density at radius 2 is 2.00 bits per heavy atom. The summed E-state index contributed by atoms with van der Waals surface area (Å²) in [5.41, 5.74) is 1.72. The maximum Gasteiger partial charge on any atom is 0.252 e. The number of halogens is 1. The van der Waals surface area contributed by atoms with Crippen LogP contribution in [0.25, 0.3) is 11.1 Å². The summed E-state index contributed by atoms with van der Waals surface area (Å²) in [6, 6.07) is 12.2. The molecule has 0 saturated carbocycles. The highest BCUT2D eigenvalue weighted by Gasteiger charge is 2.42. The van der Waals surface area contributed by atoms with Gasteiger partial charge in [-0.25, -0.2) is 4.39 Å². The molecule has 0 bridgehead atoms. The summed E-state index contributed by atoms with van der Waals surface area (Å²) in [5.74, 6) is 0.237. The molecule has 1 heterocycles. The lowest BCUT2D eigenvalue weighted by Crippen LogP contribution is -2.48. The molecule has 1 saturated heterocycles.